The lowest BCUT2D eigenvalue weighted by atomic mass is 9.77. The van der Waals surface area contributed by atoms with Crippen molar-refractivity contribution in [1.82, 2.24) is 30.4 Å². The third kappa shape index (κ3) is 18.4. The van der Waals surface area contributed by atoms with Crippen LogP contribution < -0.4 is 25.2 Å². The van der Waals surface area contributed by atoms with Crippen molar-refractivity contribution in [3.8, 4) is 11.5 Å². The minimum absolute atomic E-state index is 0.0421. The van der Waals surface area contributed by atoms with Crippen molar-refractivity contribution in [1.29, 1.82) is 0 Å². The number of nitrogens with one attached hydrogen (secondary N) is 2. The maximum absolute atomic E-state index is 14.5. The largest absolute Gasteiger partial charge is 0.488 e. The normalized spacial score (nSPS) is 25.7. The molecule has 0 radical (unpaired) electrons. The molecule has 2 aliphatic heterocycles. The van der Waals surface area contributed by atoms with E-state index in [0.717, 1.165) is 69.6 Å². The second kappa shape index (κ2) is 30.6. The molecule has 0 unspecified atom stereocenters. The summed E-state index contributed by atoms with van der Waals surface area (Å²) in [6.45, 7) is 18.9. The number of sulfonamides is 1. The maximum atomic E-state index is 14.5. The molecule has 0 spiro atoms. The van der Waals surface area contributed by atoms with E-state index in [1.165, 1.54) is 15.9 Å². The number of halogens is 2. The van der Waals surface area contributed by atoms with Gasteiger partial charge in [0.25, 0.3) is 0 Å². The SMILES string of the molecule is C=C[C@@H]1C[C@]1(NC(=O)[C@@H]1C[C@@H](Oc2ccnc3cc(Cl)ccc23)CN1C(=O)[C@@H](CC(=O)OC1CCCC1)C(C)(C)C)C(=O)CS(=O)(=O)C1CC1.C=C[C@@H]1C[C@]1(NC(=O)[C@@H]1C[C@@H](Oc2ccnc3cc(Cl)ccc23)CN1C(=O)[C@@H](CC(=O)OC1CCCC1)C(C)(C)C)C(=O)O.NS(=O)(=O)C1CC1. The van der Waals surface area contributed by atoms with E-state index >= 15 is 0 Å². The first-order valence-corrected chi connectivity index (χ1v) is 38.9. The number of carboxylic acid groups (broad SMARTS) is 1. The number of carboxylic acids is 1. The van der Waals surface area contributed by atoms with Gasteiger partial charge in [-0.05, 0) is 149 Å². The Bertz CT molecular complexity index is 4110. The Morgan fingerprint density at radius 3 is 1.36 bits per heavy atom. The van der Waals surface area contributed by atoms with Crippen molar-refractivity contribution in [3.05, 3.63) is 96.3 Å². The van der Waals surface area contributed by atoms with Crippen molar-refractivity contribution < 1.29 is 79.2 Å². The van der Waals surface area contributed by atoms with Crippen molar-refractivity contribution in [2.24, 2.45) is 39.6 Å². The Kier molecular flexibility index (Phi) is 23.1. The number of fused-ring (bicyclic) bond motifs is 2. The molecule has 2 aromatic carbocycles. The predicted molar refractivity (Wildman–Crippen MR) is 378 cm³/mol. The van der Waals surface area contributed by atoms with Crippen molar-refractivity contribution >= 4 is 112 Å². The topological polar surface area (TPSA) is 344 Å². The third-order valence-electron chi connectivity index (χ3n) is 20.8. The second-order valence-corrected chi connectivity index (χ2v) is 35.5. The molecule has 4 amide bonds. The summed E-state index contributed by atoms with van der Waals surface area (Å²) in [7, 11) is -6.76. The van der Waals surface area contributed by atoms with Crippen LogP contribution >= 0.6 is 23.2 Å². The zero-order valence-electron chi connectivity index (χ0n) is 58.0. The monoisotopic (exact) mass is 1470 g/mol. The highest BCUT2D eigenvalue weighted by Gasteiger charge is 2.63. The average molecular weight is 1480 g/mol. The number of sulfone groups is 1. The number of amides is 4. The molecule has 4 heterocycles. The number of esters is 2. The molecule has 0 bridgehead atoms. The summed E-state index contributed by atoms with van der Waals surface area (Å²) in [6, 6.07) is 11.8. The number of carbonyl (C=O) groups excluding carboxylic acids is 7. The number of ether oxygens (including phenoxy) is 4. The first-order chi connectivity index (χ1) is 47.5. The van der Waals surface area contributed by atoms with E-state index in [-0.39, 0.29) is 75.0 Å². The van der Waals surface area contributed by atoms with Gasteiger partial charge in [-0.3, -0.25) is 43.5 Å². The molecule has 6 saturated carbocycles. The maximum Gasteiger partial charge on any atom is 0.330 e. The Hall–Kier alpha value is -7.26. The Morgan fingerprint density at radius 1 is 0.614 bits per heavy atom. The highest BCUT2D eigenvalue weighted by Crippen LogP contribution is 2.48. The number of ketones is 1. The minimum Gasteiger partial charge on any atom is -0.488 e. The Balaban J connectivity index is 0.000000200. The van der Waals surface area contributed by atoms with Crippen LogP contribution in [0.2, 0.25) is 10.0 Å². The molecule has 10 atom stereocenters. The van der Waals surface area contributed by atoms with Crippen LogP contribution in [0.5, 0.6) is 11.5 Å². The average Bonchev–Trinajstić information content (AvgIpc) is 1.59. The lowest BCUT2D eigenvalue weighted by Crippen LogP contribution is -2.55. The van der Waals surface area contributed by atoms with Crippen molar-refractivity contribution in [2.75, 3.05) is 18.8 Å². The van der Waals surface area contributed by atoms with Crippen LogP contribution in [0.4, 0.5) is 0 Å². The smallest absolute Gasteiger partial charge is 0.330 e. The van der Waals surface area contributed by atoms with Gasteiger partial charge in [-0.1, -0.05) is 76.9 Å². The second-order valence-electron chi connectivity index (χ2n) is 30.5. The van der Waals surface area contributed by atoms with Gasteiger partial charge in [0.15, 0.2) is 15.6 Å². The summed E-state index contributed by atoms with van der Waals surface area (Å²) < 4.78 is 70.1. The van der Waals surface area contributed by atoms with Crippen molar-refractivity contribution in [2.45, 2.75) is 215 Å². The number of primary sulfonamides is 1. The van der Waals surface area contributed by atoms with Crippen LogP contribution in [0.25, 0.3) is 21.8 Å². The highest BCUT2D eigenvalue weighted by molar-refractivity contribution is 7.93. The van der Waals surface area contributed by atoms with E-state index in [1.54, 1.807) is 67.0 Å². The number of hydrogen-bond donors (Lipinski definition) is 4. The molecule has 548 valence electrons. The molecule has 8 fully saturated rings. The summed E-state index contributed by atoms with van der Waals surface area (Å²) in [5, 5.41) is 22.0. The molecule has 101 heavy (non-hydrogen) atoms. The molecule has 12 rings (SSSR count). The zero-order chi connectivity index (χ0) is 73.3. The first-order valence-electron chi connectivity index (χ1n) is 34.8. The molecular weight excluding hydrogens is 1380 g/mol. The molecule has 2 aromatic heterocycles. The number of rotatable bonds is 24. The van der Waals surface area contributed by atoms with Gasteiger partial charge in [-0.2, -0.15) is 0 Å². The molecule has 24 nitrogen and oxygen atoms in total. The van der Waals surface area contributed by atoms with E-state index in [4.69, 9.17) is 47.3 Å². The fourth-order valence-corrected chi connectivity index (χ4v) is 17.1. The fourth-order valence-electron chi connectivity index (χ4n) is 14.2. The lowest BCUT2D eigenvalue weighted by Gasteiger charge is -2.35. The highest BCUT2D eigenvalue weighted by atomic mass is 35.5. The quantitative estimate of drug-likeness (QED) is 0.0375. The van der Waals surface area contributed by atoms with Crippen LogP contribution in [0, 0.1) is 34.5 Å². The number of pyridine rings is 2. The molecule has 28 heteroatoms. The summed E-state index contributed by atoms with van der Waals surface area (Å²) in [6.07, 6.45) is 15.0. The number of hydrogen-bond acceptors (Lipinski definition) is 18. The van der Waals surface area contributed by atoms with E-state index in [2.05, 4.69) is 33.8 Å². The molecular formula is C73H93Cl2N7O17S2. The van der Waals surface area contributed by atoms with Crippen LogP contribution in [0.3, 0.4) is 0 Å². The number of nitrogens with two attached hydrogens (primary N) is 1. The zero-order valence-corrected chi connectivity index (χ0v) is 61.2. The number of carbonyl (C=O) groups is 8. The van der Waals surface area contributed by atoms with Crippen molar-refractivity contribution in [3.63, 3.8) is 0 Å². The predicted octanol–water partition coefficient (Wildman–Crippen LogP) is 9.34. The molecule has 5 N–H and O–H groups in total. The van der Waals surface area contributed by atoms with Gasteiger partial charge in [-0.25, -0.2) is 26.8 Å². The molecule has 2 saturated heterocycles. The number of likely N-dealkylation sites (tertiary alicyclic amines) is 2. The molecule has 6 aliphatic carbocycles. The number of benzene rings is 2. The molecule has 4 aromatic rings. The van der Waals surface area contributed by atoms with Gasteiger partial charge in [0, 0.05) is 57.9 Å². The lowest BCUT2D eigenvalue weighted by molar-refractivity contribution is -0.156. The van der Waals surface area contributed by atoms with E-state index in [9.17, 15) is 60.3 Å². The number of aromatic nitrogens is 2. The van der Waals surface area contributed by atoms with E-state index < -0.39 is 142 Å². The van der Waals surface area contributed by atoms with Crippen LogP contribution in [0.1, 0.15) is 157 Å². The standard InChI is InChI=1S/C37H46ClN3O8S.C33H40ClN3O7.C3H7NO2S/c1-5-22-19-37(22,32(42)21-50(46,47)26-11-12-26)40-34(44)30-17-25(48-31-14-15-39-29-16-23(38)10-13-27(29)31)20-41(30)35(45)28(36(2,3)4)18-33(43)49-24-8-6-7-9-24;1-5-19-17-33(19,31(41)42)36-29(39)26-15-22(43-27-12-13-35-25-14-20(34)10-11-23(25)27)18-37(26)30(40)24(32(2,3)4)16-28(38)44-21-8-6-7-9-21;4-7(5,6)3-1-2-3/h5,10,13-16,22,24-26,28,30H,1,6-9,11-12,17-21H2,2-4H3,(H,40,44);5,10-14,19,21-22,24,26H,1,6-9,15-18H2,2-4H3,(H,36,39)(H,41,42);3H,1-2H2,(H2,4,5,6)/t22-,25-,28-,30+,37-;19-,22-,24-,26+,33-;/m11./s1. The Morgan fingerprint density at radius 2 is 1.01 bits per heavy atom. The summed E-state index contributed by atoms with van der Waals surface area (Å²) >= 11 is 12.3. The van der Waals surface area contributed by atoms with Gasteiger partial charge in [-0.15, -0.1) is 13.2 Å². The van der Waals surface area contributed by atoms with E-state index in [1.807, 2.05) is 41.5 Å². The molecule has 8 aliphatic rings. The van der Waals surface area contributed by atoms with E-state index in [0.29, 0.717) is 50.8 Å². The summed E-state index contributed by atoms with van der Waals surface area (Å²) in [4.78, 5) is 120. The number of aliphatic carboxylic acids is 1. The van der Waals surface area contributed by atoms with Gasteiger partial charge in [0.05, 0.1) is 59.3 Å². The van der Waals surface area contributed by atoms with Gasteiger partial charge >= 0.3 is 17.9 Å². The fraction of sp³-hybridized carbons (Fsp3) is 0.589. The van der Waals surface area contributed by atoms with Gasteiger partial charge < -0.3 is 44.5 Å². The first kappa shape index (κ1) is 76.4. The Labute approximate surface area is 599 Å². The number of nitrogens with zero attached hydrogens (tertiary/aromatic N) is 4. The third-order valence-corrected chi connectivity index (χ3v) is 24.8. The minimum atomic E-state index is -3.63. The summed E-state index contributed by atoms with van der Waals surface area (Å²) in [5.74, 6) is -6.61. The number of Topliss-reactive ketones (excluding diaryl/α,β-unsaturated/α-hetero) is 1. The van der Waals surface area contributed by atoms with Crippen LogP contribution in [-0.2, 0) is 67.7 Å². The van der Waals surface area contributed by atoms with Crippen LogP contribution in [0.15, 0.2) is 86.2 Å². The van der Waals surface area contributed by atoms with Crippen LogP contribution in [-0.4, -0.2) is 166 Å². The van der Waals surface area contributed by atoms with Gasteiger partial charge in [0.2, 0.25) is 33.7 Å². The summed E-state index contributed by atoms with van der Waals surface area (Å²) in [5.41, 5.74) is -2.90. The van der Waals surface area contributed by atoms with Gasteiger partial charge in [0.1, 0.15) is 64.8 Å².